The van der Waals surface area contributed by atoms with E-state index in [2.05, 4.69) is 13.0 Å². The van der Waals surface area contributed by atoms with E-state index in [4.69, 9.17) is 0 Å². The van der Waals surface area contributed by atoms with Crippen LogP contribution >= 0.6 is 0 Å². The normalized spacial score (nSPS) is 52.3. The summed E-state index contributed by atoms with van der Waals surface area (Å²) >= 11 is 0. The van der Waals surface area contributed by atoms with Crippen LogP contribution in [0.5, 0.6) is 0 Å². The Morgan fingerprint density at radius 1 is 1.09 bits per heavy atom. The average Bonchev–Trinajstić information content (AvgIpc) is 2.83. The number of rotatable bonds is 2. The molecule has 0 aliphatic heterocycles. The number of hydrogen-bond acceptors (Lipinski definition) is 2. The Kier molecular flexibility index (Phi) is 3.93. The van der Waals surface area contributed by atoms with E-state index in [1.165, 1.54) is 38.5 Å². The fourth-order valence-corrected chi connectivity index (χ4v) is 7.21. The molecule has 0 saturated heterocycles. The van der Waals surface area contributed by atoms with Gasteiger partial charge in [-0.3, -0.25) is 0 Å². The van der Waals surface area contributed by atoms with E-state index in [0.29, 0.717) is 12.0 Å². The highest BCUT2D eigenvalue weighted by Gasteiger charge is 2.55. The minimum absolute atomic E-state index is 0.364. The molecular formula is C21H34O2. The van der Waals surface area contributed by atoms with Gasteiger partial charge < -0.3 is 10.2 Å². The van der Waals surface area contributed by atoms with E-state index in [1.807, 2.05) is 6.92 Å². The Morgan fingerprint density at radius 3 is 2.70 bits per heavy atom. The second kappa shape index (κ2) is 5.59. The third kappa shape index (κ3) is 2.52. The van der Waals surface area contributed by atoms with Gasteiger partial charge in [0.2, 0.25) is 0 Å². The zero-order valence-corrected chi connectivity index (χ0v) is 14.9. The summed E-state index contributed by atoms with van der Waals surface area (Å²) in [5.41, 5.74) is 1.60. The molecule has 3 fully saturated rings. The maximum absolute atomic E-state index is 10.4. The van der Waals surface area contributed by atoms with Crippen LogP contribution in [0, 0.1) is 35.0 Å². The first-order valence-electron chi connectivity index (χ1n) is 9.97. The first kappa shape index (κ1) is 16.1. The van der Waals surface area contributed by atoms with E-state index in [1.54, 1.807) is 5.57 Å². The summed E-state index contributed by atoms with van der Waals surface area (Å²) in [5, 5.41) is 19.9. The second-order valence-electron chi connectivity index (χ2n) is 9.60. The van der Waals surface area contributed by atoms with Crippen molar-refractivity contribution < 1.29 is 10.2 Å². The molecule has 0 heterocycles. The fraction of sp³-hybridized carbons (Fsp3) is 0.905. The molecule has 2 nitrogen and oxygen atoms in total. The molecule has 0 bridgehead atoms. The molecule has 0 spiro atoms. The quantitative estimate of drug-likeness (QED) is 0.745. The van der Waals surface area contributed by atoms with E-state index in [-0.39, 0.29) is 0 Å². The van der Waals surface area contributed by atoms with Crippen molar-refractivity contribution in [2.24, 2.45) is 35.0 Å². The molecule has 0 aromatic rings. The van der Waals surface area contributed by atoms with Crippen LogP contribution in [0.1, 0.15) is 71.6 Å². The van der Waals surface area contributed by atoms with Gasteiger partial charge in [-0.2, -0.15) is 0 Å². The molecule has 6 unspecified atom stereocenters. The number of allylic oxidation sites excluding steroid dienone is 1. The lowest BCUT2D eigenvalue weighted by Gasteiger charge is -2.54. The van der Waals surface area contributed by atoms with Crippen LogP contribution in [0.15, 0.2) is 11.6 Å². The lowest BCUT2D eigenvalue weighted by Crippen LogP contribution is -2.47. The summed E-state index contributed by atoms with van der Waals surface area (Å²) in [6.07, 6.45) is 13.3. The van der Waals surface area contributed by atoms with Crippen molar-refractivity contribution in [2.75, 3.05) is 6.61 Å². The van der Waals surface area contributed by atoms with Crippen LogP contribution in [0.25, 0.3) is 0 Å². The van der Waals surface area contributed by atoms with Gasteiger partial charge in [0.05, 0.1) is 5.60 Å². The standard InChI is InChI=1S/C21H34O2/c1-20(23)10-7-16-14(13-20)3-5-18-17(16)8-11-21(2)15(9-12-22)4-6-19(18)21/h3,15-19,22-23H,4-13H2,1-2H3/t15?,16?,17?,18?,19?,20-,21?/m0/s1. The monoisotopic (exact) mass is 318 g/mol. The van der Waals surface area contributed by atoms with Crippen LogP contribution in [-0.4, -0.2) is 22.4 Å². The van der Waals surface area contributed by atoms with Crippen molar-refractivity contribution >= 4 is 0 Å². The van der Waals surface area contributed by atoms with Crippen molar-refractivity contribution in [3.8, 4) is 0 Å². The smallest absolute Gasteiger partial charge is 0.0657 e. The minimum Gasteiger partial charge on any atom is -0.396 e. The second-order valence-corrected chi connectivity index (χ2v) is 9.60. The first-order chi connectivity index (χ1) is 10.9. The molecule has 0 amide bonds. The first-order valence-corrected chi connectivity index (χ1v) is 9.97. The highest BCUT2D eigenvalue weighted by molar-refractivity contribution is 5.21. The summed E-state index contributed by atoms with van der Waals surface area (Å²) in [5.74, 6) is 4.12. The van der Waals surface area contributed by atoms with E-state index in [0.717, 1.165) is 48.9 Å². The van der Waals surface area contributed by atoms with Gasteiger partial charge in [-0.1, -0.05) is 18.6 Å². The molecule has 3 saturated carbocycles. The van der Waals surface area contributed by atoms with Crippen LogP contribution < -0.4 is 0 Å². The minimum atomic E-state index is -0.460. The van der Waals surface area contributed by atoms with Crippen molar-refractivity contribution in [1.29, 1.82) is 0 Å². The lowest BCUT2D eigenvalue weighted by molar-refractivity contribution is -0.0354. The largest absolute Gasteiger partial charge is 0.396 e. The molecule has 130 valence electrons. The third-order valence-electron chi connectivity index (χ3n) is 8.39. The van der Waals surface area contributed by atoms with Crippen LogP contribution in [-0.2, 0) is 0 Å². The Hall–Kier alpha value is -0.340. The summed E-state index contributed by atoms with van der Waals surface area (Å²) in [6.45, 7) is 4.92. The SMILES string of the molecule is CC12CCC3C4CC[C@](C)(O)CC4=CCC3C1CCC2CCO. The zero-order chi connectivity index (χ0) is 16.2. The maximum atomic E-state index is 10.4. The molecule has 4 aliphatic rings. The highest BCUT2D eigenvalue weighted by Crippen LogP contribution is 2.64. The van der Waals surface area contributed by atoms with Gasteiger partial charge in [-0.25, -0.2) is 0 Å². The molecule has 2 N–H and O–H groups in total. The van der Waals surface area contributed by atoms with Crippen molar-refractivity contribution in [2.45, 2.75) is 77.2 Å². The van der Waals surface area contributed by atoms with E-state index in [9.17, 15) is 10.2 Å². The molecular weight excluding hydrogens is 284 g/mol. The lowest BCUT2D eigenvalue weighted by atomic mass is 9.51. The number of aliphatic hydroxyl groups is 2. The van der Waals surface area contributed by atoms with Gasteiger partial charge in [-0.05, 0) is 99.7 Å². The Labute approximate surface area is 141 Å². The van der Waals surface area contributed by atoms with Gasteiger partial charge in [0, 0.05) is 6.61 Å². The topological polar surface area (TPSA) is 40.5 Å². The molecule has 4 aliphatic carbocycles. The Bertz CT molecular complexity index is 494. The number of fused-ring (bicyclic) bond motifs is 5. The van der Waals surface area contributed by atoms with Crippen LogP contribution in [0.3, 0.4) is 0 Å². The maximum Gasteiger partial charge on any atom is 0.0657 e. The summed E-state index contributed by atoms with van der Waals surface area (Å²) in [4.78, 5) is 0. The molecule has 7 atom stereocenters. The van der Waals surface area contributed by atoms with Crippen molar-refractivity contribution in [3.63, 3.8) is 0 Å². The summed E-state index contributed by atoms with van der Waals surface area (Å²) in [7, 11) is 0. The Morgan fingerprint density at radius 2 is 1.91 bits per heavy atom. The highest BCUT2D eigenvalue weighted by atomic mass is 16.3. The Balaban J connectivity index is 1.57. The van der Waals surface area contributed by atoms with Gasteiger partial charge in [-0.15, -0.1) is 0 Å². The van der Waals surface area contributed by atoms with Gasteiger partial charge in [0.1, 0.15) is 0 Å². The molecule has 0 aromatic heterocycles. The fourth-order valence-electron chi connectivity index (χ4n) is 7.21. The summed E-state index contributed by atoms with van der Waals surface area (Å²) < 4.78 is 0. The van der Waals surface area contributed by atoms with Gasteiger partial charge in [0.15, 0.2) is 0 Å². The van der Waals surface area contributed by atoms with E-state index >= 15 is 0 Å². The summed E-state index contributed by atoms with van der Waals surface area (Å²) in [6, 6.07) is 0. The van der Waals surface area contributed by atoms with E-state index < -0.39 is 5.60 Å². The molecule has 0 aromatic carbocycles. The molecule has 2 heteroatoms. The number of aliphatic hydroxyl groups excluding tert-OH is 1. The molecule has 23 heavy (non-hydrogen) atoms. The van der Waals surface area contributed by atoms with Crippen molar-refractivity contribution in [1.82, 2.24) is 0 Å². The zero-order valence-electron chi connectivity index (χ0n) is 14.9. The van der Waals surface area contributed by atoms with Crippen LogP contribution in [0.4, 0.5) is 0 Å². The predicted molar refractivity (Wildman–Crippen MR) is 92.9 cm³/mol. The molecule has 4 rings (SSSR count). The average molecular weight is 319 g/mol. The number of hydrogen-bond donors (Lipinski definition) is 2. The van der Waals surface area contributed by atoms with Gasteiger partial charge in [0.25, 0.3) is 0 Å². The third-order valence-corrected chi connectivity index (χ3v) is 8.39. The van der Waals surface area contributed by atoms with Crippen LogP contribution in [0.2, 0.25) is 0 Å². The predicted octanol–water partition coefficient (Wildman–Crippen LogP) is 4.31. The molecule has 0 radical (unpaired) electrons. The van der Waals surface area contributed by atoms with Crippen molar-refractivity contribution in [3.05, 3.63) is 11.6 Å². The van der Waals surface area contributed by atoms with Gasteiger partial charge >= 0.3 is 0 Å².